The van der Waals surface area contributed by atoms with Crippen molar-refractivity contribution in [3.8, 4) is 0 Å². The predicted octanol–water partition coefficient (Wildman–Crippen LogP) is 5.43. The largest absolute Gasteiger partial charge is 0.416 e. The zero-order valence-electron chi connectivity index (χ0n) is 19.7. The van der Waals surface area contributed by atoms with Gasteiger partial charge in [-0.2, -0.15) is 13.2 Å². The van der Waals surface area contributed by atoms with E-state index in [-0.39, 0.29) is 23.1 Å². The number of carbonyl (C=O) groups is 2. The highest BCUT2D eigenvalue weighted by molar-refractivity contribution is 5.89. The molecule has 2 aromatic rings. The van der Waals surface area contributed by atoms with Gasteiger partial charge in [-0.3, -0.25) is 9.59 Å². The maximum Gasteiger partial charge on any atom is 0.416 e. The molecule has 5 rings (SSSR count). The van der Waals surface area contributed by atoms with E-state index < -0.39 is 17.2 Å². The highest BCUT2D eigenvalue weighted by Crippen LogP contribution is 2.50. The number of hydrogen-bond donors (Lipinski definition) is 1. The summed E-state index contributed by atoms with van der Waals surface area (Å²) in [7, 11) is 0. The van der Waals surface area contributed by atoms with Gasteiger partial charge in [0.1, 0.15) is 0 Å². The fourth-order valence-corrected chi connectivity index (χ4v) is 6.66. The van der Waals surface area contributed by atoms with Gasteiger partial charge >= 0.3 is 6.18 Å². The molecule has 4 nitrogen and oxygen atoms in total. The lowest BCUT2D eigenvalue weighted by Gasteiger charge is -2.50. The minimum absolute atomic E-state index is 0.0236. The molecule has 1 aliphatic carbocycles. The zero-order valence-corrected chi connectivity index (χ0v) is 19.7. The summed E-state index contributed by atoms with van der Waals surface area (Å²) < 4.78 is 39.2. The van der Waals surface area contributed by atoms with Crippen molar-refractivity contribution in [2.75, 3.05) is 19.6 Å². The minimum atomic E-state index is -4.38. The van der Waals surface area contributed by atoms with Crippen molar-refractivity contribution in [2.24, 2.45) is 5.41 Å². The summed E-state index contributed by atoms with van der Waals surface area (Å²) in [5.74, 6) is 0.0844. The molecule has 0 aromatic heterocycles. The van der Waals surface area contributed by atoms with Gasteiger partial charge in [0.2, 0.25) is 11.8 Å². The van der Waals surface area contributed by atoms with Crippen LogP contribution < -0.4 is 5.32 Å². The number of alkyl halides is 3. The molecule has 186 valence electrons. The first-order valence-electron chi connectivity index (χ1n) is 12.5. The number of amides is 2. The van der Waals surface area contributed by atoms with Gasteiger partial charge in [0.05, 0.1) is 11.0 Å². The van der Waals surface area contributed by atoms with Crippen molar-refractivity contribution >= 4 is 11.8 Å². The maximum atomic E-state index is 13.9. The van der Waals surface area contributed by atoms with Gasteiger partial charge < -0.3 is 10.2 Å². The lowest BCUT2D eigenvalue weighted by atomic mass is 9.62. The van der Waals surface area contributed by atoms with E-state index in [1.54, 1.807) is 12.1 Å². The van der Waals surface area contributed by atoms with Crippen LogP contribution in [0.4, 0.5) is 13.2 Å². The van der Waals surface area contributed by atoms with Gasteiger partial charge in [-0.25, -0.2) is 0 Å². The van der Waals surface area contributed by atoms with Crippen LogP contribution in [0, 0.1) is 5.41 Å². The summed E-state index contributed by atoms with van der Waals surface area (Å²) in [6.45, 7) is 1.54. The Labute approximate surface area is 203 Å². The standard InChI is InChI=1S/C28H31F3N2O2/c29-28(30,31)22-10-8-20(9-11-22)23-19-32-24(34)18-26(23)14-16-33(17-15-26)25(35)27(12-4-5-13-27)21-6-2-1-3-7-21/h1-3,6-11,23H,4-5,12-19H2,(H,32,34)/t23-/m0/s1. The van der Waals surface area contributed by atoms with Gasteiger partial charge in [0.25, 0.3) is 0 Å². The Hall–Kier alpha value is -2.83. The Morgan fingerprint density at radius 1 is 0.914 bits per heavy atom. The fourth-order valence-electron chi connectivity index (χ4n) is 6.66. The van der Waals surface area contributed by atoms with Crippen LogP contribution in [0.25, 0.3) is 0 Å². The van der Waals surface area contributed by atoms with Gasteiger partial charge in [-0.05, 0) is 54.4 Å². The first-order valence-corrected chi connectivity index (χ1v) is 12.5. The first-order chi connectivity index (χ1) is 16.7. The molecule has 1 spiro atoms. The summed E-state index contributed by atoms with van der Waals surface area (Å²) in [4.78, 5) is 28.3. The molecule has 1 saturated carbocycles. The van der Waals surface area contributed by atoms with Gasteiger partial charge in [-0.1, -0.05) is 55.3 Å². The SMILES string of the molecule is O=C1CC2(CCN(C(=O)C3(c4ccccc4)CCCC3)CC2)[C@H](c2ccc(C(F)(F)F)cc2)CN1. The Balaban J connectivity index is 1.36. The van der Waals surface area contributed by atoms with E-state index in [1.165, 1.54) is 0 Å². The molecule has 0 bridgehead atoms. The molecule has 2 amide bonds. The Morgan fingerprint density at radius 3 is 2.14 bits per heavy atom. The molecule has 35 heavy (non-hydrogen) atoms. The van der Waals surface area contributed by atoms with E-state index in [1.807, 2.05) is 23.1 Å². The summed E-state index contributed by atoms with van der Waals surface area (Å²) in [6, 6.07) is 15.4. The predicted molar refractivity (Wildman–Crippen MR) is 127 cm³/mol. The summed E-state index contributed by atoms with van der Waals surface area (Å²) in [5, 5.41) is 2.91. The van der Waals surface area contributed by atoms with Crippen molar-refractivity contribution in [1.29, 1.82) is 0 Å². The monoisotopic (exact) mass is 484 g/mol. The van der Waals surface area contributed by atoms with Crippen molar-refractivity contribution in [2.45, 2.75) is 62.5 Å². The van der Waals surface area contributed by atoms with Crippen LogP contribution in [0.5, 0.6) is 0 Å². The molecule has 2 aromatic carbocycles. The average molecular weight is 485 g/mol. The van der Waals surface area contributed by atoms with Crippen molar-refractivity contribution in [3.05, 3.63) is 71.3 Å². The summed E-state index contributed by atoms with van der Waals surface area (Å²) in [6.07, 6.45) is 1.08. The molecule has 0 radical (unpaired) electrons. The van der Waals surface area contributed by atoms with E-state index >= 15 is 0 Å². The number of carbonyl (C=O) groups excluding carboxylic acids is 2. The number of likely N-dealkylation sites (tertiary alicyclic amines) is 1. The molecule has 0 unspecified atom stereocenters. The van der Waals surface area contributed by atoms with E-state index in [0.717, 1.165) is 48.9 Å². The summed E-state index contributed by atoms with van der Waals surface area (Å²) >= 11 is 0. The zero-order chi connectivity index (χ0) is 24.7. The van der Waals surface area contributed by atoms with E-state index in [2.05, 4.69) is 17.4 Å². The summed E-state index contributed by atoms with van der Waals surface area (Å²) in [5.41, 5.74) is 0.409. The van der Waals surface area contributed by atoms with Crippen LogP contribution in [-0.4, -0.2) is 36.3 Å². The second-order valence-electron chi connectivity index (χ2n) is 10.5. The van der Waals surface area contributed by atoms with Crippen LogP contribution >= 0.6 is 0 Å². The van der Waals surface area contributed by atoms with Gasteiger partial charge in [0, 0.05) is 32.0 Å². The van der Waals surface area contributed by atoms with E-state index in [4.69, 9.17) is 0 Å². The molecular weight excluding hydrogens is 453 g/mol. The number of nitrogens with zero attached hydrogens (tertiary/aromatic N) is 1. The number of benzene rings is 2. The highest BCUT2D eigenvalue weighted by Gasteiger charge is 2.50. The highest BCUT2D eigenvalue weighted by atomic mass is 19.4. The van der Waals surface area contributed by atoms with Crippen molar-refractivity contribution in [1.82, 2.24) is 10.2 Å². The Morgan fingerprint density at radius 2 is 1.54 bits per heavy atom. The molecule has 1 atom stereocenters. The molecule has 2 heterocycles. The number of hydrogen-bond acceptors (Lipinski definition) is 2. The second kappa shape index (κ2) is 8.99. The van der Waals surface area contributed by atoms with Crippen LogP contribution in [0.3, 0.4) is 0 Å². The Kier molecular flexibility index (Phi) is 6.14. The third-order valence-corrected chi connectivity index (χ3v) is 8.63. The number of halogens is 3. The smallest absolute Gasteiger partial charge is 0.355 e. The van der Waals surface area contributed by atoms with Crippen LogP contribution in [0.1, 0.15) is 67.6 Å². The molecule has 2 aliphatic heterocycles. The van der Waals surface area contributed by atoms with Crippen molar-refractivity contribution < 1.29 is 22.8 Å². The molecule has 3 fully saturated rings. The van der Waals surface area contributed by atoms with E-state index in [9.17, 15) is 22.8 Å². The third kappa shape index (κ3) is 4.34. The molecule has 7 heteroatoms. The normalized spacial score (nSPS) is 23.8. The number of nitrogens with one attached hydrogen (secondary N) is 1. The molecule has 3 aliphatic rings. The van der Waals surface area contributed by atoms with Crippen molar-refractivity contribution in [3.63, 3.8) is 0 Å². The van der Waals surface area contributed by atoms with Crippen LogP contribution in [0.2, 0.25) is 0 Å². The molecule has 2 saturated heterocycles. The first kappa shape index (κ1) is 23.9. The van der Waals surface area contributed by atoms with E-state index in [0.29, 0.717) is 38.9 Å². The van der Waals surface area contributed by atoms with Crippen LogP contribution in [0.15, 0.2) is 54.6 Å². The topological polar surface area (TPSA) is 49.4 Å². The van der Waals surface area contributed by atoms with Gasteiger partial charge in [-0.15, -0.1) is 0 Å². The lowest BCUT2D eigenvalue weighted by molar-refractivity contribution is -0.141. The molecule has 1 N–H and O–H groups in total. The average Bonchev–Trinajstić information content (AvgIpc) is 3.36. The third-order valence-electron chi connectivity index (χ3n) is 8.63. The number of rotatable bonds is 3. The minimum Gasteiger partial charge on any atom is -0.355 e. The Bertz CT molecular complexity index is 1070. The maximum absolute atomic E-state index is 13.9. The van der Waals surface area contributed by atoms with Gasteiger partial charge in [0.15, 0.2) is 0 Å². The quantitative estimate of drug-likeness (QED) is 0.632. The molecular formula is C28H31F3N2O2. The second-order valence-corrected chi connectivity index (χ2v) is 10.5. The lowest BCUT2D eigenvalue weighted by Crippen LogP contribution is -2.55. The number of piperidine rings is 2. The fraction of sp³-hybridized carbons (Fsp3) is 0.500. The van der Waals surface area contributed by atoms with Crippen LogP contribution in [-0.2, 0) is 21.2 Å².